The van der Waals surface area contributed by atoms with Crippen LogP contribution < -0.4 is 4.74 Å². The molecule has 184 valence electrons. The molecule has 0 unspecified atom stereocenters. The van der Waals surface area contributed by atoms with E-state index in [0.29, 0.717) is 13.0 Å². The molecule has 36 heavy (non-hydrogen) atoms. The first-order chi connectivity index (χ1) is 17.7. The van der Waals surface area contributed by atoms with Crippen molar-refractivity contribution in [1.82, 2.24) is 15.0 Å². The van der Waals surface area contributed by atoms with Crippen LogP contribution in [-0.2, 0) is 16.9 Å². The third-order valence-corrected chi connectivity index (χ3v) is 7.11. The van der Waals surface area contributed by atoms with Crippen molar-refractivity contribution in [2.45, 2.75) is 18.5 Å². The van der Waals surface area contributed by atoms with Gasteiger partial charge in [-0.2, -0.15) is 0 Å². The van der Waals surface area contributed by atoms with Gasteiger partial charge in [-0.25, -0.2) is 0 Å². The molecule has 0 N–H and O–H groups in total. The van der Waals surface area contributed by atoms with E-state index in [9.17, 15) is 4.79 Å². The summed E-state index contributed by atoms with van der Waals surface area (Å²) in [5, 5.41) is 4.29. The van der Waals surface area contributed by atoms with Crippen LogP contribution in [0.2, 0.25) is 0 Å². The number of para-hydroxylation sites is 1. The summed E-state index contributed by atoms with van der Waals surface area (Å²) >= 11 is 0. The zero-order valence-electron chi connectivity index (χ0n) is 20.5. The lowest BCUT2D eigenvalue weighted by Gasteiger charge is -2.48. The van der Waals surface area contributed by atoms with E-state index in [2.05, 4.69) is 63.5 Å². The Morgan fingerprint density at radius 2 is 1.50 bits per heavy atom. The largest absolute Gasteiger partial charge is 0.496 e. The average molecular weight is 482 g/mol. The van der Waals surface area contributed by atoms with Gasteiger partial charge in [-0.15, -0.1) is 0 Å². The molecule has 2 heterocycles. The minimum absolute atomic E-state index is 0.408. The predicted octanol–water partition coefficient (Wildman–Crippen LogP) is 5.00. The van der Waals surface area contributed by atoms with Gasteiger partial charge in [-0.1, -0.05) is 78.0 Å². The van der Waals surface area contributed by atoms with E-state index >= 15 is 0 Å². The molecule has 6 nitrogen and oxygen atoms in total. The molecular weight excluding hydrogens is 450 g/mol. The van der Waals surface area contributed by atoms with E-state index in [1.54, 1.807) is 7.11 Å². The van der Waals surface area contributed by atoms with Gasteiger partial charge in [-0.3, -0.25) is 9.80 Å². The molecule has 1 fully saturated rings. The number of ether oxygens (including phenoxy) is 1. The van der Waals surface area contributed by atoms with Gasteiger partial charge < -0.3 is 14.1 Å². The number of hydrogen-bond acceptors (Lipinski definition) is 6. The summed E-state index contributed by atoms with van der Waals surface area (Å²) in [6.07, 6.45) is 1.46. The summed E-state index contributed by atoms with van der Waals surface area (Å²) < 4.78 is 11.2. The summed E-state index contributed by atoms with van der Waals surface area (Å²) in [4.78, 5) is 16.9. The summed E-state index contributed by atoms with van der Waals surface area (Å²) in [5.74, 6) is 1.61. The Balaban J connectivity index is 1.34. The molecule has 4 aromatic rings. The van der Waals surface area contributed by atoms with E-state index < -0.39 is 5.54 Å². The Morgan fingerprint density at radius 3 is 2.11 bits per heavy atom. The van der Waals surface area contributed by atoms with Crippen molar-refractivity contribution in [2.24, 2.45) is 0 Å². The van der Waals surface area contributed by atoms with E-state index in [1.165, 1.54) is 0 Å². The smallest absolute Gasteiger partial charge is 0.151 e. The normalized spacial score (nSPS) is 15.0. The van der Waals surface area contributed by atoms with Gasteiger partial charge in [0.25, 0.3) is 0 Å². The molecule has 0 radical (unpaired) electrons. The van der Waals surface area contributed by atoms with E-state index in [-0.39, 0.29) is 0 Å². The Labute approximate surface area is 212 Å². The molecular formula is C30H31N3O3. The van der Waals surface area contributed by atoms with Crippen LogP contribution in [0, 0.1) is 0 Å². The maximum absolute atomic E-state index is 12.0. The van der Waals surface area contributed by atoms with Gasteiger partial charge in [0.2, 0.25) is 0 Å². The quantitative estimate of drug-likeness (QED) is 0.314. The van der Waals surface area contributed by atoms with Crippen molar-refractivity contribution in [2.75, 3.05) is 33.3 Å². The van der Waals surface area contributed by atoms with Crippen molar-refractivity contribution in [3.8, 4) is 17.0 Å². The van der Waals surface area contributed by atoms with Crippen LogP contribution in [0.25, 0.3) is 11.3 Å². The fourth-order valence-electron chi connectivity index (χ4n) is 5.32. The zero-order valence-corrected chi connectivity index (χ0v) is 20.5. The van der Waals surface area contributed by atoms with Crippen LogP contribution in [0.5, 0.6) is 5.75 Å². The lowest BCUT2D eigenvalue weighted by molar-refractivity contribution is -0.110. The molecule has 0 aliphatic carbocycles. The molecule has 0 amide bonds. The molecule has 0 saturated carbocycles. The third kappa shape index (κ3) is 4.70. The van der Waals surface area contributed by atoms with E-state index in [0.717, 1.165) is 66.4 Å². The second kappa shape index (κ2) is 10.9. The Morgan fingerprint density at radius 1 is 0.889 bits per heavy atom. The minimum Gasteiger partial charge on any atom is -0.496 e. The number of carbonyl (C=O) groups excluding carboxylic acids is 1. The number of hydrogen-bond donors (Lipinski definition) is 0. The summed E-state index contributed by atoms with van der Waals surface area (Å²) in [6, 6.07) is 30.6. The summed E-state index contributed by atoms with van der Waals surface area (Å²) in [7, 11) is 1.66. The number of benzene rings is 3. The zero-order chi connectivity index (χ0) is 24.8. The SMILES string of the molecule is COc1ccccc1-c1cc(CN2CCN(C(CC=O)(c3ccccc3)c3ccccc3)CC2)on1. The molecule has 1 aliphatic rings. The topological polar surface area (TPSA) is 58.8 Å². The number of methoxy groups -OCH3 is 1. The number of piperazine rings is 1. The number of carbonyl (C=O) groups is 1. The van der Waals surface area contributed by atoms with E-state index in [1.807, 2.05) is 42.5 Å². The summed E-state index contributed by atoms with van der Waals surface area (Å²) in [5.41, 5.74) is 3.50. The van der Waals surface area contributed by atoms with Crippen molar-refractivity contribution >= 4 is 6.29 Å². The number of rotatable bonds is 9. The van der Waals surface area contributed by atoms with Crippen LogP contribution in [0.1, 0.15) is 23.3 Å². The molecule has 1 aliphatic heterocycles. The lowest BCUT2D eigenvalue weighted by Crippen LogP contribution is -2.56. The van der Waals surface area contributed by atoms with Gasteiger partial charge >= 0.3 is 0 Å². The molecule has 0 bridgehead atoms. The number of aldehydes is 1. The number of aromatic nitrogens is 1. The fourth-order valence-corrected chi connectivity index (χ4v) is 5.32. The molecule has 0 atom stereocenters. The van der Waals surface area contributed by atoms with Crippen LogP contribution in [0.3, 0.4) is 0 Å². The van der Waals surface area contributed by atoms with Crippen LogP contribution in [0.4, 0.5) is 0 Å². The second-order valence-corrected chi connectivity index (χ2v) is 9.11. The number of nitrogens with zero attached hydrogens (tertiary/aromatic N) is 3. The predicted molar refractivity (Wildman–Crippen MR) is 140 cm³/mol. The average Bonchev–Trinajstić information content (AvgIpc) is 3.41. The molecule has 3 aromatic carbocycles. The van der Waals surface area contributed by atoms with Gasteiger partial charge in [0.1, 0.15) is 17.7 Å². The molecule has 1 saturated heterocycles. The fraction of sp³-hybridized carbons (Fsp3) is 0.267. The molecule has 0 spiro atoms. The lowest BCUT2D eigenvalue weighted by atomic mass is 9.78. The Hall–Kier alpha value is -3.74. The highest BCUT2D eigenvalue weighted by atomic mass is 16.5. The first-order valence-electron chi connectivity index (χ1n) is 12.4. The maximum atomic E-state index is 12.0. The Kier molecular flexibility index (Phi) is 7.26. The Bertz CT molecular complexity index is 1230. The molecule has 6 heteroatoms. The summed E-state index contributed by atoms with van der Waals surface area (Å²) in [6.45, 7) is 4.10. The molecule has 1 aromatic heterocycles. The van der Waals surface area contributed by atoms with Crippen LogP contribution in [0.15, 0.2) is 95.5 Å². The van der Waals surface area contributed by atoms with Crippen molar-refractivity contribution in [1.29, 1.82) is 0 Å². The van der Waals surface area contributed by atoms with Crippen LogP contribution >= 0.6 is 0 Å². The van der Waals surface area contributed by atoms with Crippen molar-refractivity contribution < 1.29 is 14.1 Å². The molecule has 5 rings (SSSR count). The highest BCUT2D eigenvalue weighted by molar-refractivity contribution is 5.66. The van der Waals surface area contributed by atoms with Crippen molar-refractivity contribution in [3.63, 3.8) is 0 Å². The third-order valence-electron chi connectivity index (χ3n) is 7.11. The monoisotopic (exact) mass is 481 g/mol. The van der Waals surface area contributed by atoms with Gasteiger partial charge in [0.15, 0.2) is 5.76 Å². The highest BCUT2D eigenvalue weighted by Crippen LogP contribution is 2.39. The first-order valence-corrected chi connectivity index (χ1v) is 12.4. The van der Waals surface area contributed by atoms with Crippen molar-refractivity contribution in [3.05, 3.63) is 108 Å². The second-order valence-electron chi connectivity index (χ2n) is 9.11. The highest BCUT2D eigenvalue weighted by Gasteiger charge is 2.41. The van der Waals surface area contributed by atoms with Gasteiger partial charge in [0.05, 0.1) is 19.2 Å². The van der Waals surface area contributed by atoms with Gasteiger partial charge in [-0.05, 0) is 23.3 Å². The standard InChI is InChI=1S/C30H31N3O3/c1-35-29-15-9-8-14-27(29)28-22-26(36-31-28)23-32-17-19-33(20-18-32)30(16-21-34,24-10-4-2-5-11-24)25-12-6-3-7-13-25/h2-15,21-22H,16-20,23H2,1H3. The maximum Gasteiger partial charge on any atom is 0.151 e. The van der Waals surface area contributed by atoms with E-state index in [4.69, 9.17) is 9.26 Å². The van der Waals surface area contributed by atoms with Crippen LogP contribution in [-0.4, -0.2) is 54.5 Å². The van der Waals surface area contributed by atoms with Gasteiger partial charge in [0, 0.05) is 44.2 Å². The first kappa shape index (κ1) is 24.0. The minimum atomic E-state index is -0.486.